The lowest BCUT2D eigenvalue weighted by Gasteiger charge is -2.14. The van der Waals surface area contributed by atoms with Crippen molar-refractivity contribution in [2.75, 3.05) is 20.3 Å². The molecule has 4 heteroatoms. The lowest BCUT2D eigenvalue weighted by Crippen LogP contribution is -2.37. The van der Waals surface area contributed by atoms with Gasteiger partial charge in [-0.05, 0) is 31.5 Å². The standard InChI is InChI=1S/C13H19NO3/c1-10-5-4-6-12(9-10)17-11(2)13(15)14-7-8-16-3/h4-6,9,11H,7-8H2,1-3H3,(H,14,15). The molecule has 0 aliphatic rings. The highest BCUT2D eigenvalue weighted by Crippen LogP contribution is 2.14. The van der Waals surface area contributed by atoms with Crippen molar-refractivity contribution in [2.24, 2.45) is 0 Å². The van der Waals surface area contributed by atoms with Gasteiger partial charge in [-0.2, -0.15) is 0 Å². The molecule has 1 unspecified atom stereocenters. The number of rotatable bonds is 6. The van der Waals surface area contributed by atoms with Crippen molar-refractivity contribution in [3.05, 3.63) is 29.8 Å². The second-order valence-corrected chi connectivity index (χ2v) is 3.86. The van der Waals surface area contributed by atoms with Gasteiger partial charge in [0.1, 0.15) is 5.75 Å². The maximum Gasteiger partial charge on any atom is 0.260 e. The van der Waals surface area contributed by atoms with E-state index < -0.39 is 6.10 Å². The maximum atomic E-state index is 11.6. The first-order valence-corrected chi connectivity index (χ1v) is 5.63. The molecule has 1 atom stereocenters. The number of nitrogens with one attached hydrogen (secondary N) is 1. The molecule has 0 spiro atoms. The highest BCUT2D eigenvalue weighted by Gasteiger charge is 2.13. The zero-order chi connectivity index (χ0) is 12.7. The Hall–Kier alpha value is -1.55. The van der Waals surface area contributed by atoms with Gasteiger partial charge >= 0.3 is 0 Å². The maximum absolute atomic E-state index is 11.6. The summed E-state index contributed by atoms with van der Waals surface area (Å²) in [7, 11) is 1.60. The van der Waals surface area contributed by atoms with Gasteiger partial charge in [0.05, 0.1) is 6.61 Å². The molecule has 0 heterocycles. The summed E-state index contributed by atoms with van der Waals surface area (Å²) >= 11 is 0. The van der Waals surface area contributed by atoms with Crippen LogP contribution in [0.5, 0.6) is 5.75 Å². The second-order valence-electron chi connectivity index (χ2n) is 3.86. The molecule has 0 fully saturated rings. The predicted octanol–water partition coefficient (Wildman–Crippen LogP) is 1.52. The number of hydrogen-bond donors (Lipinski definition) is 1. The quantitative estimate of drug-likeness (QED) is 0.763. The van der Waals surface area contributed by atoms with Gasteiger partial charge in [0, 0.05) is 13.7 Å². The molecule has 0 saturated heterocycles. The molecule has 1 amide bonds. The molecule has 0 saturated carbocycles. The van der Waals surface area contributed by atoms with E-state index in [1.54, 1.807) is 14.0 Å². The summed E-state index contributed by atoms with van der Waals surface area (Å²) in [5.41, 5.74) is 1.11. The van der Waals surface area contributed by atoms with Crippen LogP contribution in [0.15, 0.2) is 24.3 Å². The van der Waals surface area contributed by atoms with Gasteiger partial charge < -0.3 is 14.8 Å². The average molecular weight is 237 g/mol. The van der Waals surface area contributed by atoms with Crippen molar-refractivity contribution in [3.8, 4) is 5.75 Å². The van der Waals surface area contributed by atoms with Crippen LogP contribution in [0.2, 0.25) is 0 Å². The van der Waals surface area contributed by atoms with Crippen LogP contribution in [0, 0.1) is 6.92 Å². The summed E-state index contributed by atoms with van der Waals surface area (Å²) in [6.45, 7) is 4.71. The van der Waals surface area contributed by atoms with E-state index in [2.05, 4.69) is 5.32 Å². The number of methoxy groups -OCH3 is 1. The van der Waals surface area contributed by atoms with Gasteiger partial charge in [0.2, 0.25) is 0 Å². The molecular weight excluding hydrogens is 218 g/mol. The molecule has 1 rings (SSSR count). The number of ether oxygens (including phenoxy) is 2. The zero-order valence-electron chi connectivity index (χ0n) is 10.5. The Labute approximate surface area is 102 Å². The molecule has 1 N–H and O–H groups in total. The first-order valence-electron chi connectivity index (χ1n) is 5.63. The van der Waals surface area contributed by atoms with E-state index in [9.17, 15) is 4.79 Å². The van der Waals surface area contributed by atoms with Gasteiger partial charge in [-0.25, -0.2) is 0 Å². The van der Waals surface area contributed by atoms with Gasteiger partial charge in [0.15, 0.2) is 6.10 Å². The van der Waals surface area contributed by atoms with Crippen LogP contribution in [0.4, 0.5) is 0 Å². The summed E-state index contributed by atoms with van der Waals surface area (Å²) < 4.78 is 10.4. The van der Waals surface area contributed by atoms with E-state index in [1.807, 2.05) is 31.2 Å². The third-order valence-electron chi connectivity index (χ3n) is 2.28. The summed E-state index contributed by atoms with van der Waals surface area (Å²) in [6, 6.07) is 7.63. The van der Waals surface area contributed by atoms with Crippen LogP contribution in [-0.2, 0) is 9.53 Å². The minimum absolute atomic E-state index is 0.136. The fraction of sp³-hybridized carbons (Fsp3) is 0.462. The molecule has 0 aromatic heterocycles. The van der Waals surface area contributed by atoms with Gasteiger partial charge in [0.25, 0.3) is 5.91 Å². The van der Waals surface area contributed by atoms with Crippen LogP contribution in [-0.4, -0.2) is 32.3 Å². The molecule has 0 aliphatic carbocycles. The molecule has 4 nitrogen and oxygen atoms in total. The average Bonchev–Trinajstić information content (AvgIpc) is 2.29. The lowest BCUT2D eigenvalue weighted by atomic mass is 10.2. The molecule has 0 bridgehead atoms. The van der Waals surface area contributed by atoms with Crippen LogP contribution in [0.1, 0.15) is 12.5 Å². The lowest BCUT2D eigenvalue weighted by molar-refractivity contribution is -0.127. The van der Waals surface area contributed by atoms with Crippen LogP contribution in [0.3, 0.4) is 0 Å². The first kappa shape index (κ1) is 13.5. The van der Waals surface area contributed by atoms with Gasteiger partial charge in [-0.1, -0.05) is 12.1 Å². The molecule has 1 aromatic rings. The third kappa shape index (κ3) is 4.87. The molecule has 94 valence electrons. The fourth-order valence-corrected chi connectivity index (χ4v) is 1.37. The SMILES string of the molecule is COCCNC(=O)C(C)Oc1cccc(C)c1. The number of aryl methyl sites for hydroxylation is 1. The fourth-order valence-electron chi connectivity index (χ4n) is 1.37. The van der Waals surface area contributed by atoms with Crippen molar-refractivity contribution >= 4 is 5.91 Å². The van der Waals surface area contributed by atoms with E-state index in [0.717, 1.165) is 5.56 Å². The zero-order valence-corrected chi connectivity index (χ0v) is 10.5. The number of hydrogen-bond acceptors (Lipinski definition) is 3. The van der Waals surface area contributed by atoms with Crippen LogP contribution in [0.25, 0.3) is 0 Å². The normalized spacial score (nSPS) is 11.9. The first-order chi connectivity index (χ1) is 8.13. The number of carbonyl (C=O) groups excluding carboxylic acids is 1. The minimum atomic E-state index is -0.506. The Morgan fingerprint density at radius 1 is 1.47 bits per heavy atom. The van der Waals surface area contributed by atoms with Crippen molar-refractivity contribution in [3.63, 3.8) is 0 Å². The van der Waals surface area contributed by atoms with E-state index >= 15 is 0 Å². The molecule has 0 radical (unpaired) electrons. The van der Waals surface area contributed by atoms with Crippen molar-refractivity contribution in [1.82, 2.24) is 5.32 Å². The smallest absolute Gasteiger partial charge is 0.260 e. The highest BCUT2D eigenvalue weighted by molar-refractivity contribution is 5.80. The molecular formula is C13H19NO3. The second kappa shape index (κ2) is 6.91. The van der Waals surface area contributed by atoms with Crippen LogP contribution >= 0.6 is 0 Å². The van der Waals surface area contributed by atoms with E-state index in [1.165, 1.54) is 0 Å². The molecule has 17 heavy (non-hydrogen) atoms. The Morgan fingerprint density at radius 2 is 2.24 bits per heavy atom. The summed E-state index contributed by atoms with van der Waals surface area (Å²) in [4.78, 5) is 11.6. The number of carbonyl (C=O) groups is 1. The number of amides is 1. The monoisotopic (exact) mass is 237 g/mol. The Bertz CT molecular complexity index is 365. The largest absolute Gasteiger partial charge is 0.481 e. The summed E-state index contributed by atoms with van der Waals surface area (Å²) in [5, 5.41) is 2.73. The number of benzene rings is 1. The van der Waals surface area contributed by atoms with Gasteiger partial charge in [-0.3, -0.25) is 4.79 Å². The van der Waals surface area contributed by atoms with Crippen molar-refractivity contribution in [1.29, 1.82) is 0 Å². The van der Waals surface area contributed by atoms with Crippen molar-refractivity contribution in [2.45, 2.75) is 20.0 Å². The Morgan fingerprint density at radius 3 is 2.88 bits per heavy atom. The predicted molar refractivity (Wildman–Crippen MR) is 66.2 cm³/mol. The Kier molecular flexibility index (Phi) is 5.49. The third-order valence-corrected chi connectivity index (χ3v) is 2.28. The van der Waals surface area contributed by atoms with E-state index in [4.69, 9.17) is 9.47 Å². The topological polar surface area (TPSA) is 47.6 Å². The van der Waals surface area contributed by atoms with Gasteiger partial charge in [-0.15, -0.1) is 0 Å². The highest BCUT2D eigenvalue weighted by atomic mass is 16.5. The van der Waals surface area contributed by atoms with E-state index in [-0.39, 0.29) is 5.91 Å². The van der Waals surface area contributed by atoms with Crippen molar-refractivity contribution < 1.29 is 14.3 Å². The van der Waals surface area contributed by atoms with E-state index in [0.29, 0.717) is 18.9 Å². The summed E-state index contributed by atoms with van der Waals surface area (Å²) in [6.07, 6.45) is -0.506. The Balaban J connectivity index is 2.43. The molecule has 1 aromatic carbocycles. The van der Waals surface area contributed by atoms with Crippen LogP contribution < -0.4 is 10.1 Å². The minimum Gasteiger partial charge on any atom is -0.481 e. The summed E-state index contributed by atoms with van der Waals surface area (Å²) in [5.74, 6) is 0.572. The molecule has 0 aliphatic heterocycles.